The van der Waals surface area contributed by atoms with Gasteiger partial charge in [-0.3, -0.25) is 4.98 Å². The lowest BCUT2D eigenvalue weighted by molar-refractivity contribution is 0.470. The van der Waals surface area contributed by atoms with Crippen molar-refractivity contribution in [1.29, 1.82) is 0 Å². The van der Waals surface area contributed by atoms with E-state index in [1.807, 2.05) is 37.5 Å². The van der Waals surface area contributed by atoms with E-state index in [4.69, 9.17) is 11.6 Å². The van der Waals surface area contributed by atoms with Gasteiger partial charge < -0.3 is 5.32 Å². The summed E-state index contributed by atoms with van der Waals surface area (Å²) in [7, 11) is 1.99. The van der Waals surface area contributed by atoms with Crippen LogP contribution in [-0.4, -0.2) is 12.0 Å². The maximum atomic E-state index is 6.34. The summed E-state index contributed by atoms with van der Waals surface area (Å²) in [5.74, 6) is 0.404. The number of fused-ring (bicyclic) bond motifs is 1. The number of nitrogens with zero attached hydrogens (tertiary/aromatic N) is 1. The zero-order chi connectivity index (χ0) is 13.2. The van der Waals surface area contributed by atoms with Gasteiger partial charge >= 0.3 is 0 Å². The average Bonchev–Trinajstić information content (AvgIpc) is 2.86. The van der Waals surface area contributed by atoms with E-state index in [0.717, 1.165) is 23.4 Å². The van der Waals surface area contributed by atoms with Crippen LogP contribution in [-0.2, 0) is 6.42 Å². The predicted octanol–water partition coefficient (Wildman–Crippen LogP) is 3.73. The average molecular weight is 273 g/mol. The molecule has 3 rings (SSSR count). The van der Waals surface area contributed by atoms with Crippen molar-refractivity contribution in [2.45, 2.75) is 24.8 Å². The number of likely N-dealkylation sites (N-methyl/N-ethyl adjacent to an activating group) is 1. The van der Waals surface area contributed by atoms with Gasteiger partial charge in [-0.2, -0.15) is 0 Å². The van der Waals surface area contributed by atoms with Crippen LogP contribution in [0.4, 0.5) is 0 Å². The molecule has 2 nitrogen and oxygen atoms in total. The minimum absolute atomic E-state index is 0.227. The quantitative estimate of drug-likeness (QED) is 0.921. The van der Waals surface area contributed by atoms with E-state index in [0.29, 0.717) is 5.92 Å². The molecule has 2 unspecified atom stereocenters. The number of hydrogen-bond acceptors (Lipinski definition) is 2. The molecule has 1 heterocycles. The maximum absolute atomic E-state index is 6.34. The topological polar surface area (TPSA) is 24.9 Å². The highest BCUT2D eigenvalue weighted by Gasteiger charge is 2.31. The largest absolute Gasteiger partial charge is 0.312 e. The molecule has 0 saturated heterocycles. The van der Waals surface area contributed by atoms with Gasteiger partial charge in [-0.25, -0.2) is 0 Å². The van der Waals surface area contributed by atoms with Crippen LogP contribution in [0, 0.1) is 0 Å². The molecule has 0 fully saturated rings. The molecule has 2 aromatic rings. The molecule has 1 aromatic heterocycles. The summed E-state index contributed by atoms with van der Waals surface area (Å²) in [6.45, 7) is 0. The summed E-state index contributed by atoms with van der Waals surface area (Å²) in [5.41, 5.74) is 3.76. The number of pyridine rings is 1. The van der Waals surface area contributed by atoms with Gasteiger partial charge in [0, 0.05) is 28.9 Å². The Balaban J connectivity index is 1.99. The number of halogens is 1. The molecule has 0 saturated carbocycles. The van der Waals surface area contributed by atoms with Crippen molar-refractivity contribution < 1.29 is 0 Å². The Labute approximate surface area is 118 Å². The van der Waals surface area contributed by atoms with Crippen LogP contribution in [0.5, 0.6) is 0 Å². The Hall–Kier alpha value is -1.38. The monoisotopic (exact) mass is 272 g/mol. The molecular formula is C16H17ClN2. The van der Waals surface area contributed by atoms with Gasteiger partial charge in [0.15, 0.2) is 0 Å². The van der Waals surface area contributed by atoms with Gasteiger partial charge in [-0.15, -0.1) is 0 Å². The second kappa shape index (κ2) is 5.32. The summed E-state index contributed by atoms with van der Waals surface area (Å²) in [6, 6.07) is 12.5. The third-order valence-electron chi connectivity index (χ3n) is 3.96. The maximum Gasteiger partial charge on any atom is 0.0485 e. The van der Waals surface area contributed by atoms with Crippen LogP contribution in [0.1, 0.15) is 35.2 Å². The van der Waals surface area contributed by atoms with E-state index in [-0.39, 0.29) is 6.04 Å². The molecule has 1 N–H and O–H groups in total. The summed E-state index contributed by atoms with van der Waals surface area (Å²) in [6.07, 6.45) is 4.12. The minimum Gasteiger partial charge on any atom is -0.312 e. The van der Waals surface area contributed by atoms with Gasteiger partial charge in [-0.1, -0.05) is 35.9 Å². The fraction of sp³-hybridized carbons (Fsp3) is 0.312. The summed E-state index contributed by atoms with van der Waals surface area (Å²) >= 11 is 6.34. The molecule has 3 heteroatoms. The first-order valence-electron chi connectivity index (χ1n) is 6.66. The van der Waals surface area contributed by atoms with Gasteiger partial charge in [0.2, 0.25) is 0 Å². The molecule has 0 radical (unpaired) electrons. The highest BCUT2D eigenvalue weighted by molar-refractivity contribution is 6.31. The molecule has 0 spiro atoms. The molecule has 0 aliphatic heterocycles. The zero-order valence-corrected chi connectivity index (χ0v) is 11.7. The van der Waals surface area contributed by atoms with E-state index in [1.54, 1.807) is 0 Å². The Morgan fingerprint density at radius 3 is 2.89 bits per heavy atom. The summed E-state index contributed by atoms with van der Waals surface area (Å²) in [5, 5.41) is 4.24. The molecule has 1 aliphatic carbocycles. The lowest BCUT2D eigenvalue weighted by Gasteiger charge is -2.24. The fourth-order valence-electron chi connectivity index (χ4n) is 3.07. The van der Waals surface area contributed by atoms with Crippen molar-refractivity contribution in [2.24, 2.45) is 0 Å². The highest BCUT2D eigenvalue weighted by atomic mass is 35.5. The lowest BCUT2D eigenvalue weighted by Crippen LogP contribution is -2.23. The first-order chi connectivity index (χ1) is 9.31. The van der Waals surface area contributed by atoms with Gasteiger partial charge in [0.1, 0.15) is 0 Å². The number of benzene rings is 1. The number of nitrogens with one attached hydrogen (secondary N) is 1. The molecular weight excluding hydrogens is 256 g/mol. The molecule has 19 heavy (non-hydrogen) atoms. The van der Waals surface area contributed by atoms with Crippen LogP contribution < -0.4 is 5.32 Å². The van der Waals surface area contributed by atoms with E-state index >= 15 is 0 Å². The molecule has 0 bridgehead atoms. The van der Waals surface area contributed by atoms with Crippen molar-refractivity contribution in [3.63, 3.8) is 0 Å². The van der Waals surface area contributed by atoms with Crippen molar-refractivity contribution in [3.8, 4) is 0 Å². The molecule has 0 amide bonds. The minimum atomic E-state index is 0.227. The Bertz CT molecular complexity index is 582. The molecule has 2 atom stereocenters. The Morgan fingerprint density at radius 1 is 1.26 bits per heavy atom. The predicted molar refractivity (Wildman–Crippen MR) is 78.6 cm³/mol. The number of hydrogen-bond donors (Lipinski definition) is 1. The van der Waals surface area contributed by atoms with Gasteiger partial charge in [0.05, 0.1) is 0 Å². The summed E-state index contributed by atoms with van der Waals surface area (Å²) < 4.78 is 0. The molecule has 1 aromatic carbocycles. The van der Waals surface area contributed by atoms with E-state index in [2.05, 4.69) is 22.4 Å². The smallest absolute Gasteiger partial charge is 0.0485 e. The second-order valence-corrected chi connectivity index (χ2v) is 5.39. The van der Waals surface area contributed by atoms with Gasteiger partial charge in [-0.05, 0) is 43.1 Å². The SMILES string of the molecule is CNC(c1ccccc1Cl)C1CCc2cccnc21. The lowest BCUT2D eigenvalue weighted by atomic mass is 9.91. The summed E-state index contributed by atoms with van der Waals surface area (Å²) in [4.78, 5) is 4.58. The van der Waals surface area contributed by atoms with E-state index in [1.165, 1.54) is 11.3 Å². The van der Waals surface area contributed by atoms with Crippen LogP contribution in [0.15, 0.2) is 42.6 Å². The number of aromatic nitrogens is 1. The van der Waals surface area contributed by atoms with Crippen molar-refractivity contribution >= 4 is 11.6 Å². The highest BCUT2D eigenvalue weighted by Crippen LogP contribution is 2.41. The van der Waals surface area contributed by atoms with E-state index in [9.17, 15) is 0 Å². The van der Waals surface area contributed by atoms with Crippen LogP contribution in [0.25, 0.3) is 0 Å². The van der Waals surface area contributed by atoms with Crippen molar-refractivity contribution in [1.82, 2.24) is 10.3 Å². The van der Waals surface area contributed by atoms with E-state index < -0.39 is 0 Å². The number of aryl methyl sites for hydroxylation is 1. The third-order valence-corrected chi connectivity index (χ3v) is 4.30. The Morgan fingerprint density at radius 2 is 2.11 bits per heavy atom. The van der Waals surface area contributed by atoms with Crippen LogP contribution in [0.2, 0.25) is 5.02 Å². The van der Waals surface area contributed by atoms with Crippen molar-refractivity contribution in [2.75, 3.05) is 7.05 Å². The van der Waals surface area contributed by atoms with Crippen LogP contribution >= 0.6 is 11.6 Å². The first kappa shape index (κ1) is 12.6. The zero-order valence-electron chi connectivity index (χ0n) is 10.9. The normalized spacial score (nSPS) is 19.2. The first-order valence-corrected chi connectivity index (χ1v) is 7.04. The number of rotatable bonds is 3. The Kier molecular flexibility index (Phi) is 3.54. The molecule has 98 valence electrons. The van der Waals surface area contributed by atoms with Gasteiger partial charge in [0.25, 0.3) is 0 Å². The van der Waals surface area contributed by atoms with Crippen molar-refractivity contribution in [3.05, 3.63) is 64.4 Å². The second-order valence-electron chi connectivity index (χ2n) is 4.98. The van der Waals surface area contributed by atoms with Crippen LogP contribution in [0.3, 0.4) is 0 Å². The molecule has 1 aliphatic rings. The standard InChI is InChI=1S/C16H17ClN2/c1-18-16(12-6-2-3-7-14(12)17)13-9-8-11-5-4-10-19-15(11)13/h2-7,10,13,16,18H,8-9H2,1H3. The fourth-order valence-corrected chi connectivity index (χ4v) is 3.32. The third kappa shape index (κ3) is 2.26.